The number of nitrogens with one attached hydrogen (secondary N) is 2. The first-order valence-electron chi connectivity index (χ1n) is 14.0. The zero-order valence-electron chi connectivity index (χ0n) is 24.6. The molecule has 9 nitrogen and oxygen atoms in total. The molecule has 0 aliphatic heterocycles. The third-order valence-corrected chi connectivity index (χ3v) is 6.55. The van der Waals surface area contributed by atoms with E-state index < -0.39 is 0 Å². The summed E-state index contributed by atoms with van der Waals surface area (Å²) in [6, 6.07) is 18.0. The van der Waals surface area contributed by atoms with Crippen LogP contribution in [0.15, 0.2) is 102 Å². The van der Waals surface area contributed by atoms with Gasteiger partial charge in [0.2, 0.25) is 11.8 Å². The van der Waals surface area contributed by atoms with E-state index in [4.69, 9.17) is 22.0 Å². The van der Waals surface area contributed by atoms with E-state index in [1.54, 1.807) is 42.5 Å². The number of aliphatic imine (C=N–C) groups is 1. The van der Waals surface area contributed by atoms with Crippen LogP contribution >= 0.6 is 0 Å². The Morgan fingerprint density at radius 2 is 1.51 bits per heavy atom. The number of hydrogen-bond donors (Lipinski definition) is 4. The van der Waals surface area contributed by atoms with Crippen LogP contribution in [0.3, 0.4) is 0 Å². The van der Waals surface area contributed by atoms with Crippen LogP contribution in [-0.2, 0) is 22.4 Å². The number of nitrogens with two attached hydrogens (primary N) is 2. The van der Waals surface area contributed by atoms with Gasteiger partial charge in [0.1, 0.15) is 5.82 Å². The second-order valence-electron chi connectivity index (χ2n) is 9.92. The Kier molecular flexibility index (Phi) is 14.8. The molecular weight excluding hydrogens is 538 g/mol. The summed E-state index contributed by atoms with van der Waals surface area (Å²) in [4.78, 5) is 28.1. The fourth-order valence-corrected chi connectivity index (χ4v) is 4.52. The third kappa shape index (κ3) is 13.2. The first-order valence-corrected chi connectivity index (χ1v) is 14.0. The fourth-order valence-electron chi connectivity index (χ4n) is 4.52. The molecule has 0 radical (unpaired) electrons. The summed E-state index contributed by atoms with van der Waals surface area (Å²) >= 11 is 0. The van der Waals surface area contributed by atoms with Gasteiger partial charge in [0, 0.05) is 24.4 Å². The second kappa shape index (κ2) is 18.8. The van der Waals surface area contributed by atoms with Gasteiger partial charge >= 0.3 is 0 Å². The molecule has 1 saturated carbocycles. The van der Waals surface area contributed by atoms with E-state index in [0.717, 1.165) is 16.8 Å². The molecule has 43 heavy (non-hydrogen) atoms. The molecule has 6 N–H and O–H groups in total. The Bertz CT molecular complexity index is 1470. The van der Waals surface area contributed by atoms with Crippen molar-refractivity contribution in [3.63, 3.8) is 0 Å². The van der Waals surface area contributed by atoms with E-state index in [2.05, 4.69) is 28.3 Å². The molecular formula is C34H39N7O2. The van der Waals surface area contributed by atoms with Crippen molar-refractivity contribution in [1.82, 2.24) is 10.6 Å². The molecule has 0 unspecified atom stereocenters. The normalized spacial score (nSPS) is 13.8. The monoisotopic (exact) mass is 577 g/mol. The number of allylic oxidation sites excluding steroid dienone is 4. The van der Waals surface area contributed by atoms with Crippen molar-refractivity contribution in [3.8, 4) is 12.1 Å². The Labute approximate surface area is 254 Å². The van der Waals surface area contributed by atoms with Crippen LogP contribution in [0.4, 0.5) is 0 Å². The standard InChI is InChI=1S/C21H25N3O.C13H14N4O/c1-16(11-12-20(23-2)19-9-4-3-5-10-19)24-21(25)14-17-7-6-8-18(13-17)15-22;14-6-2-5-12(16)17-13(18)8-10-3-1-4-11(7-10)9-15/h6-8,11-13,19H,1,3-5,9-10,14H2,2H3,(H,24,25);1-7H,8,14,16H2,(H,17,18)/b12-11-,23-20?;6-2-,12-5+. The number of carbonyl (C=O) groups is 2. The SMILES string of the molecule is C=C(/C=C\C(=NC)C1CCCCC1)NC(=O)Cc1cccc(C#N)c1.N#Cc1cccc(CC(=O)N/C(N)=C/C=C\N)c1. The van der Waals surface area contributed by atoms with Gasteiger partial charge in [0.15, 0.2) is 0 Å². The highest BCUT2D eigenvalue weighted by atomic mass is 16.2. The molecule has 0 aromatic heterocycles. The smallest absolute Gasteiger partial charge is 0.229 e. The molecule has 1 fully saturated rings. The molecule has 3 rings (SSSR count). The zero-order chi connectivity index (χ0) is 31.5. The topological polar surface area (TPSA) is 170 Å². The van der Waals surface area contributed by atoms with Gasteiger partial charge in [-0.3, -0.25) is 14.6 Å². The summed E-state index contributed by atoms with van der Waals surface area (Å²) in [5.74, 6) is 0.354. The van der Waals surface area contributed by atoms with E-state index >= 15 is 0 Å². The molecule has 2 aromatic rings. The van der Waals surface area contributed by atoms with Gasteiger partial charge < -0.3 is 22.1 Å². The van der Waals surface area contributed by atoms with Crippen molar-refractivity contribution in [3.05, 3.63) is 119 Å². The molecule has 1 aliphatic rings. The second-order valence-corrected chi connectivity index (χ2v) is 9.92. The summed E-state index contributed by atoms with van der Waals surface area (Å²) in [6.45, 7) is 3.90. The van der Waals surface area contributed by atoms with Gasteiger partial charge in [0.25, 0.3) is 0 Å². The van der Waals surface area contributed by atoms with Crippen molar-refractivity contribution in [2.45, 2.75) is 44.9 Å². The van der Waals surface area contributed by atoms with E-state index in [9.17, 15) is 9.59 Å². The van der Waals surface area contributed by atoms with Crippen molar-refractivity contribution >= 4 is 17.5 Å². The highest BCUT2D eigenvalue weighted by molar-refractivity contribution is 5.97. The summed E-state index contributed by atoms with van der Waals surface area (Å²) in [5, 5.41) is 22.9. The van der Waals surface area contributed by atoms with Crippen LogP contribution in [0.1, 0.15) is 54.4 Å². The Morgan fingerprint density at radius 1 is 0.953 bits per heavy atom. The van der Waals surface area contributed by atoms with Crippen molar-refractivity contribution in [2.75, 3.05) is 7.05 Å². The minimum atomic E-state index is -0.246. The van der Waals surface area contributed by atoms with E-state index in [-0.39, 0.29) is 30.5 Å². The van der Waals surface area contributed by atoms with Gasteiger partial charge in [0.05, 0.1) is 36.1 Å². The van der Waals surface area contributed by atoms with Crippen LogP contribution in [0.5, 0.6) is 0 Å². The minimum absolute atomic E-state index is 0.141. The average molecular weight is 578 g/mol. The van der Waals surface area contributed by atoms with Gasteiger partial charge in [-0.1, -0.05) is 50.1 Å². The van der Waals surface area contributed by atoms with Gasteiger partial charge in [-0.2, -0.15) is 10.5 Å². The molecule has 222 valence electrons. The zero-order valence-corrected chi connectivity index (χ0v) is 24.6. The maximum absolute atomic E-state index is 12.1. The number of rotatable bonds is 10. The van der Waals surface area contributed by atoms with Crippen LogP contribution < -0.4 is 22.1 Å². The summed E-state index contributed by atoms with van der Waals surface area (Å²) < 4.78 is 0. The maximum Gasteiger partial charge on any atom is 0.229 e. The van der Waals surface area contributed by atoms with Crippen LogP contribution in [0, 0.1) is 28.6 Å². The largest absolute Gasteiger partial charge is 0.405 e. The van der Waals surface area contributed by atoms with Crippen LogP contribution in [-0.4, -0.2) is 24.6 Å². The fraction of sp³-hybridized carbons (Fsp3) is 0.265. The number of carbonyl (C=O) groups excluding carboxylic acids is 2. The first kappa shape index (κ1) is 33.8. The molecule has 2 aromatic carbocycles. The lowest BCUT2D eigenvalue weighted by molar-refractivity contribution is -0.120. The number of hydrogen-bond acceptors (Lipinski definition) is 7. The summed E-state index contributed by atoms with van der Waals surface area (Å²) in [5.41, 5.74) is 15.0. The molecule has 0 saturated heterocycles. The molecule has 0 bridgehead atoms. The molecule has 2 amide bonds. The molecule has 0 spiro atoms. The number of benzene rings is 2. The summed E-state index contributed by atoms with van der Waals surface area (Å²) in [6.07, 6.45) is 14.7. The predicted octanol–water partition coefficient (Wildman–Crippen LogP) is 4.43. The molecule has 0 heterocycles. The number of nitrogens with zero attached hydrogens (tertiary/aromatic N) is 3. The quantitative estimate of drug-likeness (QED) is 0.240. The molecule has 9 heteroatoms. The van der Waals surface area contributed by atoms with E-state index in [1.165, 1.54) is 50.5 Å². The highest BCUT2D eigenvalue weighted by Gasteiger charge is 2.17. The van der Waals surface area contributed by atoms with Gasteiger partial charge in [-0.15, -0.1) is 0 Å². The van der Waals surface area contributed by atoms with Crippen LogP contribution in [0.2, 0.25) is 0 Å². The highest BCUT2D eigenvalue weighted by Crippen LogP contribution is 2.25. The molecule has 1 aliphatic carbocycles. The first-order chi connectivity index (χ1) is 20.8. The third-order valence-electron chi connectivity index (χ3n) is 6.55. The lowest BCUT2D eigenvalue weighted by Gasteiger charge is -2.21. The molecule has 0 atom stereocenters. The lowest BCUT2D eigenvalue weighted by Crippen LogP contribution is -2.28. The lowest BCUT2D eigenvalue weighted by atomic mass is 9.85. The Balaban J connectivity index is 0.000000317. The van der Waals surface area contributed by atoms with E-state index in [1.807, 2.05) is 31.3 Å². The van der Waals surface area contributed by atoms with Crippen molar-refractivity contribution in [1.29, 1.82) is 10.5 Å². The van der Waals surface area contributed by atoms with Crippen LogP contribution in [0.25, 0.3) is 0 Å². The number of amides is 2. The predicted molar refractivity (Wildman–Crippen MR) is 170 cm³/mol. The number of nitriles is 2. The van der Waals surface area contributed by atoms with Gasteiger partial charge in [-0.25, -0.2) is 0 Å². The Morgan fingerprint density at radius 3 is 2.02 bits per heavy atom. The Hall–Kier alpha value is -5.41. The average Bonchev–Trinajstić information content (AvgIpc) is 3.01. The summed E-state index contributed by atoms with van der Waals surface area (Å²) in [7, 11) is 1.82. The van der Waals surface area contributed by atoms with Gasteiger partial charge in [-0.05, 0) is 78.7 Å². The van der Waals surface area contributed by atoms with Crippen molar-refractivity contribution < 1.29 is 9.59 Å². The maximum atomic E-state index is 12.1. The van der Waals surface area contributed by atoms with Crippen molar-refractivity contribution in [2.24, 2.45) is 22.4 Å². The van der Waals surface area contributed by atoms with E-state index in [0.29, 0.717) is 22.7 Å². The minimum Gasteiger partial charge on any atom is -0.405 e.